The van der Waals surface area contributed by atoms with Gasteiger partial charge in [0.1, 0.15) is 5.75 Å². The molecule has 0 aliphatic carbocycles. The number of ether oxygens (including phenoxy) is 2. The van der Waals surface area contributed by atoms with Gasteiger partial charge < -0.3 is 30.3 Å². The minimum atomic E-state index is -0.376. The third-order valence-corrected chi connectivity index (χ3v) is 6.81. The average molecular weight is 531 g/mol. The smallest absolute Gasteiger partial charge is 0.337 e. The van der Waals surface area contributed by atoms with Gasteiger partial charge in [-0.15, -0.1) is 0 Å². The van der Waals surface area contributed by atoms with E-state index < -0.39 is 0 Å². The molecule has 3 aromatic rings. The Kier molecular flexibility index (Phi) is 9.04. The van der Waals surface area contributed by atoms with E-state index in [1.54, 1.807) is 24.3 Å². The number of aryl methyl sites for hydroxylation is 1. The van der Waals surface area contributed by atoms with E-state index in [4.69, 9.17) is 9.47 Å². The van der Waals surface area contributed by atoms with Crippen LogP contribution in [0.4, 0.5) is 21.9 Å². The maximum atomic E-state index is 13.2. The van der Waals surface area contributed by atoms with Crippen LogP contribution < -0.4 is 20.7 Å². The number of amides is 3. The monoisotopic (exact) mass is 530 g/mol. The second kappa shape index (κ2) is 12.8. The minimum absolute atomic E-state index is 0.0420. The number of esters is 1. The molecule has 3 amide bonds. The number of para-hydroxylation sites is 1. The molecule has 0 bridgehead atoms. The topological polar surface area (TPSA) is 109 Å². The van der Waals surface area contributed by atoms with Crippen molar-refractivity contribution in [2.45, 2.75) is 32.2 Å². The lowest BCUT2D eigenvalue weighted by atomic mass is 10.1. The van der Waals surface area contributed by atoms with Crippen LogP contribution in [-0.4, -0.2) is 56.2 Å². The van der Waals surface area contributed by atoms with E-state index in [-0.39, 0.29) is 30.4 Å². The number of likely N-dealkylation sites (tertiary alicyclic amines) is 1. The van der Waals surface area contributed by atoms with Gasteiger partial charge in [-0.05, 0) is 73.4 Å². The number of rotatable bonds is 9. The Labute approximate surface area is 228 Å². The van der Waals surface area contributed by atoms with Crippen LogP contribution in [0.3, 0.4) is 0 Å². The fourth-order valence-electron chi connectivity index (χ4n) is 4.67. The molecule has 1 heterocycles. The fraction of sp³-hybridized carbons (Fsp3) is 0.300. The van der Waals surface area contributed by atoms with E-state index in [1.807, 2.05) is 54.3 Å². The fourth-order valence-corrected chi connectivity index (χ4v) is 4.67. The summed E-state index contributed by atoms with van der Waals surface area (Å²) in [7, 11) is 2.89. The lowest BCUT2D eigenvalue weighted by Crippen LogP contribution is -2.40. The molecule has 1 atom stereocenters. The normalized spacial score (nSPS) is 14.4. The van der Waals surface area contributed by atoms with Crippen LogP contribution >= 0.6 is 0 Å². The predicted octanol–water partition coefficient (Wildman–Crippen LogP) is 5.08. The minimum Gasteiger partial charge on any atom is -0.495 e. The molecule has 0 spiro atoms. The average Bonchev–Trinajstić information content (AvgIpc) is 3.43. The number of methoxy groups -OCH3 is 2. The van der Waals surface area contributed by atoms with Crippen molar-refractivity contribution in [3.8, 4) is 5.75 Å². The molecule has 0 radical (unpaired) electrons. The van der Waals surface area contributed by atoms with Crippen molar-refractivity contribution >= 4 is 35.0 Å². The SMILES string of the molecule is COC(=O)c1ccc(NCC2CCCN2C(=O)Cc2ccc(NC(=O)Nc3ccccc3C)c(OC)c2)cc1. The summed E-state index contributed by atoms with van der Waals surface area (Å²) >= 11 is 0. The number of hydrogen-bond donors (Lipinski definition) is 3. The number of nitrogens with one attached hydrogen (secondary N) is 3. The molecular weight excluding hydrogens is 496 g/mol. The zero-order chi connectivity index (χ0) is 27.8. The van der Waals surface area contributed by atoms with E-state index in [0.29, 0.717) is 30.1 Å². The molecule has 0 saturated carbocycles. The number of carbonyl (C=O) groups excluding carboxylic acids is 3. The van der Waals surface area contributed by atoms with Gasteiger partial charge in [0.2, 0.25) is 5.91 Å². The maximum Gasteiger partial charge on any atom is 0.337 e. The number of carbonyl (C=O) groups is 3. The van der Waals surface area contributed by atoms with Crippen molar-refractivity contribution < 1.29 is 23.9 Å². The van der Waals surface area contributed by atoms with Crippen molar-refractivity contribution in [1.29, 1.82) is 0 Å². The summed E-state index contributed by atoms with van der Waals surface area (Å²) in [5.74, 6) is 0.149. The summed E-state index contributed by atoms with van der Waals surface area (Å²) in [6.07, 6.45) is 2.10. The van der Waals surface area contributed by atoms with Crippen molar-refractivity contribution in [1.82, 2.24) is 4.90 Å². The van der Waals surface area contributed by atoms with Crippen molar-refractivity contribution in [2.75, 3.05) is 43.3 Å². The molecule has 9 nitrogen and oxygen atoms in total. The molecule has 1 unspecified atom stereocenters. The lowest BCUT2D eigenvalue weighted by molar-refractivity contribution is -0.131. The quantitative estimate of drug-likeness (QED) is 0.333. The van der Waals surface area contributed by atoms with Gasteiger partial charge in [-0.3, -0.25) is 4.79 Å². The first kappa shape index (κ1) is 27.5. The Morgan fingerprint density at radius 3 is 2.41 bits per heavy atom. The molecule has 1 fully saturated rings. The summed E-state index contributed by atoms with van der Waals surface area (Å²) in [5, 5.41) is 9.03. The van der Waals surface area contributed by atoms with E-state index in [9.17, 15) is 14.4 Å². The first-order chi connectivity index (χ1) is 18.9. The molecule has 1 aliphatic heterocycles. The molecule has 3 aromatic carbocycles. The van der Waals surface area contributed by atoms with Crippen LogP contribution in [-0.2, 0) is 16.0 Å². The van der Waals surface area contributed by atoms with Crippen LogP contribution in [0.25, 0.3) is 0 Å². The highest BCUT2D eigenvalue weighted by atomic mass is 16.5. The van der Waals surface area contributed by atoms with Gasteiger partial charge in [-0.1, -0.05) is 24.3 Å². The standard InChI is InChI=1S/C30H34N4O5/c1-20-7-4-5-9-25(20)32-30(37)33-26-15-10-21(17-27(26)38-2)18-28(35)34-16-6-8-24(34)19-31-23-13-11-22(12-14-23)29(36)39-3/h4-5,7,9-15,17,24,31H,6,8,16,18-19H2,1-3H3,(H2,32,33,37). The number of anilines is 3. The Morgan fingerprint density at radius 1 is 0.949 bits per heavy atom. The molecule has 4 rings (SSSR count). The third-order valence-electron chi connectivity index (χ3n) is 6.81. The van der Waals surface area contributed by atoms with Crippen LogP contribution in [0.15, 0.2) is 66.7 Å². The van der Waals surface area contributed by atoms with E-state index in [0.717, 1.165) is 35.3 Å². The summed E-state index contributed by atoms with van der Waals surface area (Å²) in [5.41, 5.74) is 4.37. The molecule has 1 saturated heterocycles. The van der Waals surface area contributed by atoms with Gasteiger partial charge in [0.25, 0.3) is 0 Å². The van der Waals surface area contributed by atoms with Crippen LogP contribution in [0.2, 0.25) is 0 Å². The van der Waals surface area contributed by atoms with Gasteiger partial charge in [-0.2, -0.15) is 0 Å². The van der Waals surface area contributed by atoms with E-state index >= 15 is 0 Å². The van der Waals surface area contributed by atoms with Gasteiger partial charge in [-0.25, -0.2) is 9.59 Å². The van der Waals surface area contributed by atoms with Gasteiger partial charge in [0.05, 0.1) is 31.9 Å². The zero-order valence-corrected chi connectivity index (χ0v) is 22.5. The molecule has 9 heteroatoms. The molecule has 3 N–H and O–H groups in total. The molecule has 204 valence electrons. The Balaban J connectivity index is 1.34. The van der Waals surface area contributed by atoms with Crippen molar-refractivity contribution in [3.05, 3.63) is 83.4 Å². The zero-order valence-electron chi connectivity index (χ0n) is 22.5. The highest BCUT2D eigenvalue weighted by molar-refractivity contribution is 6.01. The molecular formula is C30H34N4O5. The van der Waals surface area contributed by atoms with Crippen LogP contribution in [0, 0.1) is 6.92 Å². The molecule has 0 aromatic heterocycles. The van der Waals surface area contributed by atoms with Crippen molar-refractivity contribution in [2.24, 2.45) is 0 Å². The van der Waals surface area contributed by atoms with E-state index in [2.05, 4.69) is 16.0 Å². The van der Waals surface area contributed by atoms with Crippen molar-refractivity contribution in [3.63, 3.8) is 0 Å². The predicted molar refractivity (Wildman–Crippen MR) is 152 cm³/mol. The summed E-state index contributed by atoms with van der Waals surface area (Å²) in [6.45, 7) is 3.25. The highest BCUT2D eigenvalue weighted by Crippen LogP contribution is 2.27. The summed E-state index contributed by atoms with van der Waals surface area (Å²) in [6, 6.07) is 19.7. The van der Waals surface area contributed by atoms with Gasteiger partial charge in [0, 0.05) is 30.5 Å². The van der Waals surface area contributed by atoms with E-state index in [1.165, 1.54) is 14.2 Å². The maximum absolute atomic E-state index is 13.2. The first-order valence-electron chi connectivity index (χ1n) is 12.9. The summed E-state index contributed by atoms with van der Waals surface area (Å²) < 4.78 is 10.2. The first-order valence-corrected chi connectivity index (χ1v) is 12.9. The second-order valence-electron chi connectivity index (χ2n) is 9.44. The Hall–Kier alpha value is -4.53. The van der Waals surface area contributed by atoms with Crippen LogP contribution in [0.5, 0.6) is 5.75 Å². The molecule has 39 heavy (non-hydrogen) atoms. The third kappa shape index (κ3) is 7.07. The number of nitrogens with zero attached hydrogens (tertiary/aromatic N) is 1. The number of benzene rings is 3. The Bertz CT molecular complexity index is 1330. The Morgan fingerprint density at radius 2 is 1.69 bits per heavy atom. The highest BCUT2D eigenvalue weighted by Gasteiger charge is 2.28. The number of urea groups is 1. The summed E-state index contributed by atoms with van der Waals surface area (Å²) in [4.78, 5) is 39.3. The second-order valence-corrected chi connectivity index (χ2v) is 9.44. The lowest BCUT2D eigenvalue weighted by Gasteiger charge is -2.25. The number of hydrogen-bond acceptors (Lipinski definition) is 6. The largest absolute Gasteiger partial charge is 0.495 e. The van der Waals surface area contributed by atoms with Crippen LogP contribution in [0.1, 0.15) is 34.3 Å². The molecule has 1 aliphatic rings. The van der Waals surface area contributed by atoms with Gasteiger partial charge in [0.15, 0.2) is 0 Å². The van der Waals surface area contributed by atoms with Gasteiger partial charge >= 0.3 is 12.0 Å².